The van der Waals surface area contributed by atoms with Crippen LogP contribution in [-0.4, -0.2) is 0 Å². The van der Waals surface area contributed by atoms with Gasteiger partial charge in [0.25, 0.3) is 0 Å². The lowest BCUT2D eigenvalue weighted by atomic mass is 10.0. The average Bonchev–Trinajstić information content (AvgIpc) is 2.81. The van der Waals surface area contributed by atoms with Gasteiger partial charge < -0.3 is 4.42 Å². The maximum Gasteiger partial charge on any atom is 0.128 e. The van der Waals surface area contributed by atoms with E-state index in [4.69, 9.17) is 10.3 Å². The number of benzene rings is 1. The molecule has 0 fully saturated rings. The van der Waals surface area contributed by atoms with Gasteiger partial charge in [-0.15, -0.1) is 0 Å². The molecule has 0 saturated heterocycles. The minimum Gasteiger partial charge on any atom is -0.464 e. The summed E-state index contributed by atoms with van der Waals surface area (Å²) in [5.74, 6) is 6.66. The molecule has 90 valence electrons. The largest absolute Gasteiger partial charge is 0.464 e. The highest BCUT2D eigenvalue weighted by Gasteiger charge is 2.19. The van der Waals surface area contributed by atoms with Gasteiger partial charge >= 0.3 is 0 Å². The molecule has 0 radical (unpaired) electrons. The number of nitrogens with two attached hydrogens (primary N) is 1. The van der Waals surface area contributed by atoms with E-state index in [2.05, 4.69) is 5.43 Å². The lowest BCUT2D eigenvalue weighted by Gasteiger charge is -2.14. The first-order valence-electron chi connectivity index (χ1n) is 5.55. The zero-order valence-electron chi connectivity index (χ0n) is 9.61. The van der Waals surface area contributed by atoms with Crippen LogP contribution in [0.3, 0.4) is 0 Å². The number of halogens is 1. The summed E-state index contributed by atoms with van der Waals surface area (Å²) < 4.78 is 19.2. The fraction of sp³-hybridized carbons (Fsp3) is 0.231. The van der Waals surface area contributed by atoms with Gasteiger partial charge in [-0.1, -0.05) is 25.1 Å². The maximum atomic E-state index is 13.7. The molecule has 1 aromatic carbocycles. The number of hydrogen-bond donors (Lipinski definition) is 2. The zero-order valence-corrected chi connectivity index (χ0v) is 9.61. The number of rotatable bonds is 4. The highest BCUT2D eigenvalue weighted by molar-refractivity contribution is 5.28. The second-order valence-electron chi connectivity index (χ2n) is 3.78. The molecule has 0 amide bonds. The number of aryl methyl sites for hydroxylation is 1. The van der Waals surface area contributed by atoms with E-state index in [-0.39, 0.29) is 5.82 Å². The molecule has 0 bridgehead atoms. The number of furan rings is 1. The van der Waals surface area contributed by atoms with Gasteiger partial charge in [0.2, 0.25) is 0 Å². The first-order chi connectivity index (χ1) is 8.26. The van der Waals surface area contributed by atoms with Gasteiger partial charge in [-0.25, -0.2) is 9.82 Å². The molecule has 3 nitrogen and oxygen atoms in total. The normalized spacial score (nSPS) is 12.6. The highest BCUT2D eigenvalue weighted by Crippen LogP contribution is 2.25. The third-order valence-corrected chi connectivity index (χ3v) is 2.70. The summed E-state index contributed by atoms with van der Waals surface area (Å²) in [6, 6.07) is 9.74. The molecule has 0 aliphatic rings. The minimum atomic E-state index is -0.462. The van der Waals surface area contributed by atoms with Crippen molar-refractivity contribution < 1.29 is 8.81 Å². The molecule has 1 unspecified atom stereocenters. The van der Waals surface area contributed by atoms with Crippen LogP contribution in [0.15, 0.2) is 40.8 Å². The predicted molar refractivity (Wildman–Crippen MR) is 63.7 cm³/mol. The maximum absolute atomic E-state index is 13.7. The van der Waals surface area contributed by atoms with E-state index in [0.29, 0.717) is 11.3 Å². The third-order valence-electron chi connectivity index (χ3n) is 2.70. The SMILES string of the molecule is CCc1ccc(C(NN)c2ccccc2F)o1. The molecule has 3 N–H and O–H groups in total. The van der Waals surface area contributed by atoms with Crippen molar-refractivity contribution in [1.82, 2.24) is 5.43 Å². The molecule has 2 rings (SSSR count). The van der Waals surface area contributed by atoms with Gasteiger partial charge in [0, 0.05) is 12.0 Å². The Morgan fingerprint density at radius 2 is 2.06 bits per heavy atom. The summed E-state index contributed by atoms with van der Waals surface area (Å²) in [4.78, 5) is 0. The van der Waals surface area contributed by atoms with Crippen molar-refractivity contribution in [3.8, 4) is 0 Å². The van der Waals surface area contributed by atoms with Crippen LogP contribution in [0.5, 0.6) is 0 Å². The van der Waals surface area contributed by atoms with E-state index < -0.39 is 6.04 Å². The monoisotopic (exact) mass is 234 g/mol. The van der Waals surface area contributed by atoms with Gasteiger partial charge in [0.1, 0.15) is 23.4 Å². The van der Waals surface area contributed by atoms with Gasteiger partial charge in [-0.3, -0.25) is 5.84 Å². The van der Waals surface area contributed by atoms with E-state index in [1.54, 1.807) is 18.2 Å². The Bertz CT molecular complexity index is 496. The van der Waals surface area contributed by atoms with Crippen LogP contribution in [0, 0.1) is 5.82 Å². The van der Waals surface area contributed by atoms with Crippen LogP contribution < -0.4 is 11.3 Å². The third kappa shape index (κ3) is 2.38. The molecule has 0 spiro atoms. The van der Waals surface area contributed by atoms with Crippen LogP contribution in [0.25, 0.3) is 0 Å². The van der Waals surface area contributed by atoms with Crippen LogP contribution in [0.1, 0.15) is 30.0 Å². The summed E-state index contributed by atoms with van der Waals surface area (Å²) in [7, 11) is 0. The molecule has 0 saturated carbocycles. The quantitative estimate of drug-likeness (QED) is 0.631. The molecule has 1 atom stereocenters. The topological polar surface area (TPSA) is 51.2 Å². The molecule has 1 heterocycles. The summed E-state index contributed by atoms with van der Waals surface area (Å²) in [5.41, 5.74) is 3.06. The van der Waals surface area contributed by atoms with Gasteiger partial charge in [0.05, 0.1) is 0 Å². The Balaban J connectivity index is 2.36. The minimum absolute atomic E-state index is 0.301. The molecular weight excluding hydrogens is 219 g/mol. The molecule has 2 aromatic rings. The van der Waals surface area contributed by atoms with E-state index in [9.17, 15) is 4.39 Å². The standard InChI is InChI=1S/C13H15FN2O/c1-2-9-7-8-12(17-9)13(16-15)10-5-3-4-6-11(10)14/h3-8,13,16H,2,15H2,1H3. The fourth-order valence-electron chi connectivity index (χ4n) is 1.77. The molecule has 0 aliphatic heterocycles. The van der Waals surface area contributed by atoms with Gasteiger partial charge in [-0.05, 0) is 18.2 Å². The second kappa shape index (κ2) is 5.12. The van der Waals surface area contributed by atoms with Crippen LogP contribution in [-0.2, 0) is 6.42 Å². The zero-order chi connectivity index (χ0) is 12.3. The van der Waals surface area contributed by atoms with Crippen molar-refractivity contribution in [3.05, 3.63) is 59.3 Å². The summed E-state index contributed by atoms with van der Waals surface area (Å²) >= 11 is 0. The van der Waals surface area contributed by atoms with Crippen molar-refractivity contribution in [2.24, 2.45) is 5.84 Å². The van der Waals surface area contributed by atoms with Crippen molar-refractivity contribution in [3.63, 3.8) is 0 Å². The van der Waals surface area contributed by atoms with Crippen molar-refractivity contribution >= 4 is 0 Å². The average molecular weight is 234 g/mol. The lowest BCUT2D eigenvalue weighted by molar-refractivity contribution is 0.418. The summed E-state index contributed by atoms with van der Waals surface area (Å²) in [5, 5.41) is 0. The molecule has 4 heteroatoms. The van der Waals surface area contributed by atoms with E-state index in [1.165, 1.54) is 6.07 Å². The van der Waals surface area contributed by atoms with E-state index in [0.717, 1.165) is 12.2 Å². The summed E-state index contributed by atoms with van der Waals surface area (Å²) in [6.45, 7) is 2.00. The van der Waals surface area contributed by atoms with Gasteiger partial charge in [0.15, 0.2) is 0 Å². The van der Waals surface area contributed by atoms with E-state index in [1.807, 2.05) is 19.1 Å². The molecular formula is C13H15FN2O. The van der Waals surface area contributed by atoms with Crippen molar-refractivity contribution in [1.29, 1.82) is 0 Å². The van der Waals surface area contributed by atoms with Crippen molar-refractivity contribution in [2.75, 3.05) is 0 Å². The Morgan fingerprint density at radius 1 is 1.29 bits per heavy atom. The Morgan fingerprint density at radius 3 is 2.65 bits per heavy atom. The fourth-order valence-corrected chi connectivity index (χ4v) is 1.77. The van der Waals surface area contributed by atoms with Crippen LogP contribution in [0.2, 0.25) is 0 Å². The second-order valence-corrected chi connectivity index (χ2v) is 3.78. The first kappa shape index (κ1) is 11.8. The van der Waals surface area contributed by atoms with Crippen LogP contribution in [0.4, 0.5) is 4.39 Å². The Labute approximate surface area is 99.4 Å². The molecule has 1 aromatic heterocycles. The Hall–Kier alpha value is -1.65. The predicted octanol–water partition coefficient (Wildman–Crippen LogP) is 2.53. The first-order valence-corrected chi connectivity index (χ1v) is 5.55. The van der Waals surface area contributed by atoms with E-state index >= 15 is 0 Å². The summed E-state index contributed by atoms with van der Waals surface area (Å²) in [6.07, 6.45) is 0.800. The number of hydrazine groups is 1. The van der Waals surface area contributed by atoms with Gasteiger partial charge in [-0.2, -0.15) is 0 Å². The Kier molecular flexibility index (Phi) is 3.56. The van der Waals surface area contributed by atoms with Crippen molar-refractivity contribution in [2.45, 2.75) is 19.4 Å². The highest BCUT2D eigenvalue weighted by atomic mass is 19.1. The molecule has 0 aliphatic carbocycles. The number of hydrogen-bond acceptors (Lipinski definition) is 3. The van der Waals surface area contributed by atoms with Crippen LogP contribution >= 0.6 is 0 Å². The smallest absolute Gasteiger partial charge is 0.128 e. The molecule has 17 heavy (non-hydrogen) atoms. The number of nitrogens with one attached hydrogen (secondary N) is 1. The lowest BCUT2D eigenvalue weighted by Crippen LogP contribution is -2.29.